The zero-order chi connectivity index (χ0) is 27.5. The van der Waals surface area contributed by atoms with E-state index in [1.165, 1.54) is 6.92 Å². The molecule has 1 aliphatic heterocycles. The number of amides is 1. The molecule has 0 aliphatic carbocycles. The third kappa shape index (κ3) is 7.37. The molecule has 1 aliphatic rings. The first-order valence-electron chi connectivity index (χ1n) is 11.8. The normalized spacial score (nSPS) is 27.5. The highest BCUT2D eigenvalue weighted by atomic mass is 31.2. The summed E-state index contributed by atoms with van der Waals surface area (Å²) in [5.74, 6) is -2.66. The topological polar surface area (TPSA) is 216 Å². The number of benzene rings is 1. The minimum atomic E-state index is -5.10. The number of hydrogen-bond acceptors (Lipinski definition) is 10. The van der Waals surface area contributed by atoms with Crippen molar-refractivity contribution in [3.8, 4) is 0 Å². The molecule has 6 N–H and O–H groups in total. The summed E-state index contributed by atoms with van der Waals surface area (Å²) in [4.78, 5) is 40.6. The van der Waals surface area contributed by atoms with Crippen LogP contribution in [0.3, 0.4) is 0 Å². The number of para-hydroxylation sites is 1. The van der Waals surface area contributed by atoms with E-state index in [1.54, 1.807) is 32.2 Å². The molecule has 1 amide bonds. The molecule has 2 heterocycles. The number of aromatic nitrogens is 1. The van der Waals surface area contributed by atoms with Gasteiger partial charge in [-0.3, -0.25) is 13.9 Å². The molecule has 206 valence electrons. The van der Waals surface area contributed by atoms with Crippen LogP contribution in [0.15, 0.2) is 30.5 Å². The number of hydrogen-bond donors (Lipinski definition) is 6. The summed E-state index contributed by atoms with van der Waals surface area (Å²) < 4.78 is 22.7. The summed E-state index contributed by atoms with van der Waals surface area (Å²) in [6.45, 7) is 4.81. The van der Waals surface area contributed by atoms with Crippen LogP contribution in [0.1, 0.15) is 32.8 Å². The van der Waals surface area contributed by atoms with Crippen LogP contribution in [0.4, 0.5) is 0 Å². The van der Waals surface area contributed by atoms with E-state index in [0.29, 0.717) is 5.56 Å². The molecule has 0 bridgehead atoms. The molecule has 0 saturated carbocycles. The molecule has 37 heavy (non-hydrogen) atoms. The SMILES string of the molecule is CC(C)C[C@H](NP(=O)([O-])O[C@H]1O[C@@H](C)[C@H](O)[C@@H](O)[C@H]1O)C(=O)N[C@@H](Cc1c[nH]c2ccccc12)C(=O)[O-]. The molecule has 1 aromatic heterocycles. The molecule has 1 aromatic carbocycles. The molecule has 0 spiro atoms. The van der Waals surface area contributed by atoms with Crippen LogP contribution in [0.2, 0.25) is 0 Å². The molecule has 0 radical (unpaired) electrons. The monoisotopic (exact) mass is 541 g/mol. The Morgan fingerprint density at radius 1 is 1.16 bits per heavy atom. The number of H-pyrrole nitrogens is 1. The smallest absolute Gasteiger partial charge is 0.238 e. The Balaban J connectivity index is 1.72. The molecular weight excluding hydrogens is 509 g/mol. The lowest BCUT2D eigenvalue weighted by Crippen LogP contribution is -2.58. The van der Waals surface area contributed by atoms with Crippen molar-refractivity contribution < 1.29 is 48.7 Å². The van der Waals surface area contributed by atoms with E-state index in [-0.39, 0.29) is 18.8 Å². The fourth-order valence-corrected chi connectivity index (χ4v) is 5.25. The molecule has 14 heteroatoms. The quantitative estimate of drug-likeness (QED) is 0.176. The number of ether oxygens (including phenoxy) is 1. The number of aromatic amines is 1. The lowest BCUT2D eigenvalue weighted by molar-refractivity contribution is -0.308. The van der Waals surface area contributed by atoms with E-state index in [0.717, 1.165) is 10.9 Å². The lowest BCUT2D eigenvalue weighted by atomic mass is 10.0. The summed E-state index contributed by atoms with van der Waals surface area (Å²) >= 11 is 0. The number of nitrogens with one attached hydrogen (secondary N) is 3. The highest BCUT2D eigenvalue weighted by molar-refractivity contribution is 7.49. The van der Waals surface area contributed by atoms with Gasteiger partial charge in [-0.1, -0.05) is 32.0 Å². The van der Waals surface area contributed by atoms with Crippen molar-refractivity contribution in [1.82, 2.24) is 15.4 Å². The predicted molar refractivity (Wildman–Crippen MR) is 126 cm³/mol. The zero-order valence-corrected chi connectivity index (χ0v) is 21.5. The van der Waals surface area contributed by atoms with Crippen molar-refractivity contribution in [2.24, 2.45) is 5.92 Å². The minimum Gasteiger partial charge on any atom is -0.766 e. The molecule has 3 rings (SSSR count). The fourth-order valence-electron chi connectivity index (χ4n) is 4.13. The van der Waals surface area contributed by atoms with Gasteiger partial charge in [0.25, 0.3) is 0 Å². The largest absolute Gasteiger partial charge is 0.766 e. The van der Waals surface area contributed by atoms with Gasteiger partial charge in [0.2, 0.25) is 13.7 Å². The second kappa shape index (κ2) is 12.0. The van der Waals surface area contributed by atoms with Crippen molar-refractivity contribution >= 4 is 30.5 Å². The van der Waals surface area contributed by atoms with Crippen LogP contribution in [0.5, 0.6) is 0 Å². The highest BCUT2D eigenvalue weighted by Crippen LogP contribution is 2.38. The maximum atomic E-state index is 13.0. The Labute approximate surface area is 213 Å². The van der Waals surface area contributed by atoms with Gasteiger partial charge in [0.05, 0.1) is 24.2 Å². The second-order valence-corrected chi connectivity index (χ2v) is 11.0. The number of carbonyl (C=O) groups excluding carboxylic acids is 2. The number of aliphatic hydroxyl groups is 3. The highest BCUT2D eigenvalue weighted by Gasteiger charge is 2.44. The van der Waals surface area contributed by atoms with Crippen molar-refractivity contribution in [3.05, 3.63) is 36.0 Å². The summed E-state index contributed by atoms with van der Waals surface area (Å²) in [5.41, 5.74) is 1.40. The average Bonchev–Trinajstić information content (AvgIpc) is 3.22. The Morgan fingerprint density at radius 2 is 1.84 bits per heavy atom. The number of rotatable bonds is 11. The van der Waals surface area contributed by atoms with E-state index in [4.69, 9.17) is 9.26 Å². The van der Waals surface area contributed by atoms with E-state index in [9.17, 15) is 39.5 Å². The number of aliphatic carboxylic acids is 1. The molecule has 1 saturated heterocycles. The van der Waals surface area contributed by atoms with Gasteiger partial charge in [-0.2, -0.15) is 0 Å². The summed E-state index contributed by atoms with van der Waals surface area (Å²) in [5, 5.41) is 46.7. The van der Waals surface area contributed by atoms with Crippen LogP contribution in [-0.2, 0) is 29.8 Å². The average molecular weight is 541 g/mol. The van der Waals surface area contributed by atoms with Gasteiger partial charge in [0.15, 0.2) is 6.29 Å². The Kier molecular flexibility index (Phi) is 9.48. The van der Waals surface area contributed by atoms with Gasteiger partial charge < -0.3 is 45.2 Å². The Bertz CT molecular complexity index is 1140. The maximum Gasteiger partial charge on any atom is 0.238 e. The second-order valence-electron chi connectivity index (χ2n) is 9.54. The Morgan fingerprint density at radius 3 is 2.49 bits per heavy atom. The van der Waals surface area contributed by atoms with E-state index >= 15 is 0 Å². The lowest BCUT2D eigenvalue weighted by Gasteiger charge is -2.41. The van der Waals surface area contributed by atoms with Crippen molar-refractivity contribution in [2.45, 2.75) is 76.4 Å². The molecular formula is C23H32N3O10P-2. The first-order chi connectivity index (χ1) is 17.3. The summed E-state index contributed by atoms with van der Waals surface area (Å²) in [6, 6.07) is 4.31. The van der Waals surface area contributed by atoms with Gasteiger partial charge in [-0.15, -0.1) is 0 Å². The number of carboxylic acid groups (broad SMARTS) is 1. The first-order valence-corrected chi connectivity index (χ1v) is 13.4. The zero-order valence-electron chi connectivity index (χ0n) is 20.6. The van der Waals surface area contributed by atoms with Crippen molar-refractivity contribution in [3.63, 3.8) is 0 Å². The summed E-state index contributed by atoms with van der Waals surface area (Å²) in [7, 11) is -5.10. The van der Waals surface area contributed by atoms with Gasteiger partial charge >= 0.3 is 0 Å². The molecule has 8 atom stereocenters. The maximum absolute atomic E-state index is 13.0. The van der Waals surface area contributed by atoms with E-state index in [2.05, 4.69) is 15.4 Å². The van der Waals surface area contributed by atoms with Crippen molar-refractivity contribution in [2.75, 3.05) is 0 Å². The van der Waals surface area contributed by atoms with Gasteiger partial charge in [-0.25, -0.2) is 5.09 Å². The number of carbonyl (C=O) groups is 2. The molecule has 1 fully saturated rings. The fraction of sp³-hybridized carbons (Fsp3) is 0.565. The van der Waals surface area contributed by atoms with Crippen LogP contribution >= 0.6 is 7.75 Å². The van der Waals surface area contributed by atoms with Crippen molar-refractivity contribution in [1.29, 1.82) is 0 Å². The third-order valence-electron chi connectivity index (χ3n) is 6.09. The van der Waals surface area contributed by atoms with Crippen LogP contribution < -0.4 is 20.4 Å². The minimum absolute atomic E-state index is 0.0138. The first kappa shape index (κ1) is 29.2. The van der Waals surface area contributed by atoms with Gasteiger partial charge in [0.1, 0.15) is 18.3 Å². The van der Waals surface area contributed by atoms with Crippen LogP contribution in [0, 0.1) is 5.92 Å². The number of carboxylic acids is 1. The predicted octanol–water partition coefficient (Wildman–Crippen LogP) is -1.74. The summed E-state index contributed by atoms with van der Waals surface area (Å²) in [6.07, 6.45) is -6.47. The number of aliphatic hydroxyl groups excluding tert-OH is 3. The molecule has 1 unspecified atom stereocenters. The molecule has 13 nitrogen and oxygen atoms in total. The number of fused-ring (bicyclic) bond motifs is 1. The Hall–Kier alpha value is -2.35. The van der Waals surface area contributed by atoms with Crippen LogP contribution in [-0.4, -0.2) is 75.0 Å². The standard InChI is InChI=1S/C23H34N3O10P/c1-11(2)8-16(26-37(33,34)36-23-20(29)19(28)18(27)12(3)35-23)21(30)25-17(22(31)32)9-13-10-24-15-7-5-4-6-14(13)15/h4-7,10-12,16-20,23-24,27-29H,8-9H2,1-3H3,(H,25,30)(H,31,32)(H2,26,33,34)/p-2/t12-,16-,17-,18-,19+,20+,23+/m0/s1. The van der Waals surface area contributed by atoms with E-state index < -0.39 is 62.4 Å². The van der Waals surface area contributed by atoms with Gasteiger partial charge in [0, 0.05) is 23.5 Å². The molecule has 2 aromatic rings. The van der Waals surface area contributed by atoms with Crippen LogP contribution in [0.25, 0.3) is 10.9 Å². The van der Waals surface area contributed by atoms with Gasteiger partial charge in [-0.05, 0) is 30.9 Å². The third-order valence-corrected chi connectivity index (χ3v) is 7.20. The van der Waals surface area contributed by atoms with E-state index in [1.807, 2.05) is 12.1 Å².